The van der Waals surface area contributed by atoms with Gasteiger partial charge in [0.1, 0.15) is 61.0 Å². The highest BCUT2D eigenvalue weighted by Crippen LogP contribution is 2.37. The molecule has 3 heterocycles. The van der Waals surface area contributed by atoms with Gasteiger partial charge in [0.25, 0.3) is 5.69 Å². The summed E-state index contributed by atoms with van der Waals surface area (Å²) in [5.41, 5.74) is -1.63. The van der Waals surface area contributed by atoms with Gasteiger partial charge in [-0.1, -0.05) is 0 Å². The molecule has 1 aromatic carbocycles. The highest BCUT2D eigenvalue weighted by molar-refractivity contribution is 5.53. The van der Waals surface area contributed by atoms with E-state index in [2.05, 4.69) is 0 Å². The van der Waals surface area contributed by atoms with Gasteiger partial charge in [0.05, 0.1) is 35.7 Å². The smallest absolute Gasteiger partial charge is 0.317 e. The maximum atomic E-state index is 15.4. The van der Waals surface area contributed by atoms with Gasteiger partial charge in [-0.25, -0.2) is 8.78 Å². The lowest BCUT2D eigenvalue weighted by atomic mass is 9.96. The Labute approximate surface area is 256 Å². The molecule has 15 atom stereocenters. The van der Waals surface area contributed by atoms with Crippen LogP contribution in [0.4, 0.5) is 20.2 Å². The molecule has 0 amide bonds. The fraction of sp³-hybridized carbons (Fsp3) is 0.750. The Morgan fingerprint density at radius 3 is 1.70 bits per heavy atom. The summed E-state index contributed by atoms with van der Waals surface area (Å²) in [6.07, 6.45) is -30.1. The Morgan fingerprint density at radius 1 is 0.674 bits per heavy atom. The molecule has 0 aliphatic carbocycles. The van der Waals surface area contributed by atoms with E-state index >= 15 is 8.78 Å². The van der Waals surface area contributed by atoms with Crippen molar-refractivity contribution >= 4 is 11.4 Å². The SMILES string of the molecule is O=[N+]([O-])c1ccc(OC2OC(CO)C(OC3OC(CO)C(OC4OC(CO)C(O)C(O)C4O)C(O)C3F)C(O)C2F)c([N+](=O)[O-])c1. The molecule has 0 radical (unpaired) electrons. The highest BCUT2D eigenvalue weighted by atomic mass is 19.1. The topological polar surface area (TPSA) is 303 Å². The van der Waals surface area contributed by atoms with Crippen molar-refractivity contribution in [3.63, 3.8) is 0 Å². The molecule has 46 heavy (non-hydrogen) atoms. The van der Waals surface area contributed by atoms with Gasteiger partial charge in [0, 0.05) is 6.07 Å². The van der Waals surface area contributed by atoms with Crippen LogP contribution in [-0.2, 0) is 23.7 Å². The van der Waals surface area contributed by atoms with E-state index in [0.717, 1.165) is 12.1 Å². The lowest BCUT2D eigenvalue weighted by Gasteiger charge is -2.47. The van der Waals surface area contributed by atoms with Gasteiger partial charge in [-0.05, 0) is 6.07 Å². The van der Waals surface area contributed by atoms with Gasteiger partial charge < -0.3 is 69.3 Å². The summed E-state index contributed by atoms with van der Waals surface area (Å²) >= 11 is 0. The fourth-order valence-corrected chi connectivity index (χ4v) is 5.08. The van der Waals surface area contributed by atoms with Crippen LogP contribution >= 0.6 is 0 Å². The standard InChI is InChI=1S/C24H32F2N2O18/c25-13-16(33)20(11(5-30)43-22(13)41-9-2-1-7(27(37)38)3-8(9)28(39)40)45-23-14(26)17(34)21(12(6-31)44-23)46-24-19(36)18(35)15(32)10(4-29)42-24/h1-3,10-24,29-36H,4-6H2. The number of hydrogen-bond acceptors (Lipinski definition) is 18. The van der Waals surface area contributed by atoms with Crippen molar-refractivity contribution in [1.82, 2.24) is 0 Å². The van der Waals surface area contributed by atoms with Crippen LogP contribution in [0.25, 0.3) is 0 Å². The van der Waals surface area contributed by atoms with Gasteiger partial charge >= 0.3 is 5.69 Å². The van der Waals surface area contributed by atoms with E-state index in [1.807, 2.05) is 0 Å². The van der Waals surface area contributed by atoms with Crippen LogP contribution in [-0.4, -0.2) is 163 Å². The molecular weight excluding hydrogens is 642 g/mol. The second-order valence-corrected chi connectivity index (χ2v) is 10.5. The summed E-state index contributed by atoms with van der Waals surface area (Å²) in [6, 6.07) is 2.15. The van der Waals surface area contributed by atoms with Crippen molar-refractivity contribution in [2.24, 2.45) is 0 Å². The van der Waals surface area contributed by atoms with Crippen molar-refractivity contribution in [3.05, 3.63) is 38.4 Å². The molecule has 8 N–H and O–H groups in total. The first-order chi connectivity index (χ1) is 21.7. The van der Waals surface area contributed by atoms with Crippen LogP contribution in [0.3, 0.4) is 0 Å². The van der Waals surface area contributed by atoms with Crippen molar-refractivity contribution in [2.75, 3.05) is 19.8 Å². The minimum absolute atomic E-state index is 0.538. The fourth-order valence-electron chi connectivity index (χ4n) is 5.08. The lowest BCUT2D eigenvalue weighted by Crippen LogP contribution is -2.65. The minimum atomic E-state index is -2.59. The molecule has 4 rings (SSSR count). The summed E-state index contributed by atoms with van der Waals surface area (Å²) in [4.78, 5) is 20.4. The number of aliphatic hydroxyl groups is 8. The number of nitro groups is 2. The largest absolute Gasteiger partial charge is 0.454 e. The van der Waals surface area contributed by atoms with Gasteiger partial charge in [-0.2, -0.15) is 0 Å². The lowest BCUT2D eigenvalue weighted by molar-refractivity contribution is -0.395. The van der Waals surface area contributed by atoms with E-state index in [1.165, 1.54) is 0 Å². The highest BCUT2D eigenvalue weighted by Gasteiger charge is 2.54. The predicted octanol–water partition coefficient (Wildman–Crippen LogP) is -3.72. The van der Waals surface area contributed by atoms with Gasteiger partial charge in [-0.3, -0.25) is 20.2 Å². The number of alkyl halides is 2. The number of ether oxygens (including phenoxy) is 6. The van der Waals surface area contributed by atoms with Crippen molar-refractivity contribution in [1.29, 1.82) is 0 Å². The number of benzene rings is 1. The molecule has 3 saturated heterocycles. The van der Waals surface area contributed by atoms with Crippen LogP contribution in [0.1, 0.15) is 0 Å². The molecule has 0 spiro atoms. The van der Waals surface area contributed by atoms with Crippen LogP contribution < -0.4 is 4.74 Å². The number of nitro benzene ring substituents is 2. The zero-order chi connectivity index (χ0) is 34.0. The zero-order valence-corrected chi connectivity index (χ0v) is 23.3. The van der Waals surface area contributed by atoms with Crippen molar-refractivity contribution < 1.29 is 87.9 Å². The summed E-state index contributed by atoms with van der Waals surface area (Å²) in [5, 5.41) is 103. The second kappa shape index (κ2) is 14.9. The third-order valence-electron chi connectivity index (χ3n) is 7.58. The number of rotatable bonds is 11. The zero-order valence-electron chi connectivity index (χ0n) is 23.3. The summed E-state index contributed by atoms with van der Waals surface area (Å²) in [5.74, 6) is -0.690. The van der Waals surface area contributed by atoms with Crippen LogP contribution in [0.2, 0.25) is 0 Å². The molecule has 3 aliphatic heterocycles. The molecule has 20 nitrogen and oxygen atoms in total. The van der Waals surface area contributed by atoms with E-state index < -0.39 is 139 Å². The summed E-state index contributed by atoms with van der Waals surface area (Å²) < 4.78 is 62.3. The van der Waals surface area contributed by atoms with Gasteiger partial charge in [0.2, 0.25) is 12.0 Å². The van der Waals surface area contributed by atoms with Crippen LogP contribution in [0, 0.1) is 20.2 Å². The van der Waals surface area contributed by atoms with Gasteiger partial charge in [-0.15, -0.1) is 0 Å². The minimum Gasteiger partial charge on any atom is -0.454 e. The maximum Gasteiger partial charge on any atom is 0.317 e. The molecule has 0 aromatic heterocycles. The van der Waals surface area contributed by atoms with Gasteiger partial charge in [0.15, 0.2) is 24.9 Å². The normalized spacial score (nSPS) is 41.6. The van der Waals surface area contributed by atoms with E-state index in [0.29, 0.717) is 6.07 Å². The van der Waals surface area contributed by atoms with E-state index in [9.17, 15) is 61.1 Å². The van der Waals surface area contributed by atoms with Crippen molar-refractivity contribution in [3.8, 4) is 5.75 Å². The first kappa shape index (κ1) is 36.0. The average Bonchev–Trinajstić information content (AvgIpc) is 3.03. The molecule has 1 aromatic rings. The second-order valence-electron chi connectivity index (χ2n) is 10.5. The van der Waals surface area contributed by atoms with E-state index in [1.54, 1.807) is 0 Å². The Balaban J connectivity index is 1.46. The number of hydrogen-bond donors (Lipinski definition) is 8. The number of non-ortho nitro benzene ring substituents is 1. The Morgan fingerprint density at radius 2 is 1.17 bits per heavy atom. The van der Waals surface area contributed by atoms with Crippen molar-refractivity contribution in [2.45, 2.75) is 92.3 Å². The third kappa shape index (κ3) is 7.18. The Bertz CT molecular complexity index is 1210. The molecule has 15 unspecified atom stereocenters. The quantitative estimate of drug-likeness (QED) is 0.0826. The first-order valence-electron chi connectivity index (χ1n) is 13.6. The molecule has 3 aliphatic rings. The Hall–Kier alpha value is -2.84. The van der Waals surface area contributed by atoms with E-state index in [-0.39, 0.29) is 0 Å². The molecule has 0 saturated carbocycles. The monoisotopic (exact) mass is 674 g/mol. The molecule has 0 bridgehead atoms. The van der Waals surface area contributed by atoms with Crippen LogP contribution in [0.15, 0.2) is 18.2 Å². The van der Waals surface area contributed by atoms with E-state index in [4.69, 9.17) is 28.4 Å². The molecule has 3 fully saturated rings. The number of nitrogens with zero attached hydrogens (tertiary/aromatic N) is 2. The molecule has 22 heteroatoms. The summed E-state index contributed by atoms with van der Waals surface area (Å²) in [6.45, 7) is -2.85. The number of aliphatic hydroxyl groups excluding tert-OH is 8. The first-order valence-corrected chi connectivity index (χ1v) is 13.6. The molecule has 260 valence electrons. The maximum absolute atomic E-state index is 15.4. The third-order valence-corrected chi connectivity index (χ3v) is 7.58. The predicted molar refractivity (Wildman–Crippen MR) is 137 cm³/mol. The number of halogens is 2. The summed E-state index contributed by atoms with van der Waals surface area (Å²) in [7, 11) is 0. The Kier molecular flexibility index (Phi) is 11.7. The molecular formula is C24H32F2N2O18. The van der Waals surface area contributed by atoms with Crippen LogP contribution in [0.5, 0.6) is 5.75 Å². The average molecular weight is 675 g/mol.